The Morgan fingerprint density at radius 1 is 1.21 bits per heavy atom. The van der Waals surface area contributed by atoms with Crippen molar-refractivity contribution in [3.63, 3.8) is 0 Å². The third kappa shape index (κ3) is 2.42. The van der Waals surface area contributed by atoms with Crippen LogP contribution in [0.25, 0.3) is 0 Å². The summed E-state index contributed by atoms with van der Waals surface area (Å²) in [5.74, 6) is -3.53. The maximum absolute atomic E-state index is 10.6. The van der Waals surface area contributed by atoms with E-state index in [-0.39, 0.29) is 0 Å². The zero-order chi connectivity index (χ0) is 11.7. The van der Waals surface area contributed by atoms with Crippen molar-refractivity contribution in [3.8, 4) is 0 Å². The van der Waals surface area contributed by atoms with Gasteiger partial charge in [0.1, 0.15) is 0 Å². The molecule has 7 nitrogen and oxygen atoms in total. The highest BCUT2D eigenvalue weighted by molar-refractivity contribution is 7.87. The first kappa shape index (κ1) is 12.8. The van der Waals surface area contributed by atoms with Crippen molar-refractivity contribution in [1.82, 2.24) is 0 Å². The van der Waals surface area contributed by atoms with Crippen molar-refractivity contribution in [1.29, 1.82) is 0 Å². The van der Waals surface area contributed by atoms with Gasteiger partial charge in [-0.1, -0.05) is 0 Å². The molecule has 82 valence electrons. The van der Waals surface area contributed by atoms with E-state index in [1.165, 1.54) is 0 Å². The Kier molecular flexibility index (Phi) is 3.25. The van der Waals surface area contributed by atoms with Crippen molar-refractivity contribution >= 4 is 22.1 Å². The summed E-state index contributed by atoms with van der Waals surface area (Å²) >= 11 is 0. The van der Waals surface area contributed by atoms with Crippen molar-refractivity contribution in [2.75, 3.05) is 0 Å². The minimum atomic E-state index is -4.95. The van der Waals surface area contributed by atoms with Crippen molar-refractivity contribution < 1.29 is 32.8 Å². The molecule has 0 aromatic carbocycles. The summed E-state index contributed by atoms with van der Waals surface area (Å²) in [5, 5.41) is 14.7. The molecule has 0 saturated carbocycles. The molecule has 8 heteroatoms. The Morgan fingerprint density at radius 3 is 1.64 bits per heavy atom. The smallest absolute Gasteiger partial charge is 0.325 e. The number of carbonyl (C=O) groups is 2. The van der Waals surface area contributed by atoms with E-state index >= 15 is 0 Å². The molecule has 0 aliphatic heterocycles. The lowest BCUT2D eigenvalue weighted by molar-refractivity contribution is -0.153. The highest BCUT2D eigenvalue weighted by Crippen LogP contribution is 2.26. The van der Waals surface area contributed by atoms with E-state index < -0.39 is 32.7 Å². The van der Waals surface area contributed by atoms with Gasteiger partial charge in [-0.25, -0.2) is 0 Å². The Balaban J connectivity index is 5.47. The van der Waals surface area contributed by atoms with E-state index in [1.54, 1.807) is 0 Å². The van der Waals surface area contributed by atoms with Gasteiger partial charge in [0.2, 0.25) is 0 Å². The van der Waals surface area contributed by atoms with Crippen LogP contribution in [0.3, 0.4) is 0 Å². The fourth-order valence-corrected chi connectivity index (χ4v) is 2.02. The number of rotatable bonds is 4. The Morgan fingerprint density at radius 2 is 1.57 bits per heavy atom. The van der Waals surface area contributed by atoms with Gasteiger partial charge < -0.3 is 10.2 Å². The molecule has 0 rings (SSSR count). The van der Waals surface area contributed by atoms with Crippen LogP contribution in [0.1, 0.15) is 13.8 Å². The average molecular weight is 226 g/mol. The van der Waals surface area contributed by atoms with Crippen LogP contribution in [0, 0.1) is 5.41 Å². The standard InChI is InChI=1S/C6H10O7S/c1-6(2,5(9)10)3(4(7)8)14(11,12)13/h3H,1-2H3,(H,7,8)(H,9,10)(H,11,12,13). The van der Waals surface area contributed by atoms with Gasteiger partial charge in [-0.3, -0.25) is 14.1 Å². The zero-order valence-corrected chi connectivity index (χ0v) is 8.28. The van der Waals surface area contributed by atoms with Gasteiger partial charge in [-0.15, -0.1) is 0 Å². The van der Waals surface area contributed by atoms with Gasteiger partial charge in [-0.05, 0) is 13.8 Å². The first-order valence-electron chi connectivity index (χ1n) is 3.43. The van der Waals surface area contributed by atoms with Crippen LogP contribution in [0.4, 0.5) is 0 Å². The molecule has 3 N–H and O–H groups in total. The summed E-state index contributed by atoms with van der Waals surface area (Å²) in [4.78, 5) is 21.1. The summed E-state index contributed by atoms with van der Waals surface area (Å²) in [6.45, 7) is 1.81. The second-order valence-electron chi connectivity index (χ2n) is 3.26. The quantitative estimate of drug-likeness (QED) is 0.548. The summed E-state index contributed by atoms with van der Waals surface area (Å²) in [7, 11) is -4.95. The molecule has 0 spiro atoms. The predicted molar refractivity (Wildman–Crippen MR) is 44.4 cm³/mol. The van der Waals surface area contributed by atoms with Crippen LogP contribution in [0.5, 0.6) is 0 Å². The van der Waals surface area contributed by atoms with E-state index in [0.717, 1.165) is 13.8 Å². The Labute approximate surface area is 80.1 Å². The average Bonchev–Trinajstić information content (AvgIpc) is 1.79. The lowest BCUT2D eigenvalue weighted by atomic mass is 9.89. The zero-order valence-electron chi connectivity index (χ0n) is 7.46. The lowest BCUT2D eigenvalue weighted by Gasteiger charge is -2.23. The van der Waals surface area contributed by atoms with Gasteiger partial charge in [0.25, 0.3) is 10.1 Å². The molecule has 0 radical (unpaired) electrons. The molecule has 0 fully saturated rings. The number of hydrogen-bond donors (Lipinski definition) is 3. The van der Waals surface area contributed by atoms with Crippen LogP contribution in [-0.4, -0.2) is 40.4 Å². The SMILES string of the molecule is CC(C)(C(=O)O)C(C(=O)O)S(=O)(=O)O. The molecule has 0 heterocycles. The maximum Gasteiger partial charge on any atom is 0.325 e. The first-order chi connectivity index (χ1) is 6.01. The van der Waals surface area contributed by atoms with Gasteiger partial charge >= 0.3 is 11.9 Å². The van der Waals surface area contributed by atoms with Crippen molar-refractivity contribution in [2.45, 2.75) is 19.1 Å². The van der Waals surface area contributed by atoms with Gasteiger partial charge in [0.05, 0.1) is 5.41 Å². The van der Waals surface area contributed by atoms with Gasteiger partial charge in [-0.2, -0.15) is 8.42 Å². The van der Waals surface area contributed by atoms with Crippen LogP contribution in [0.2, 0.25) is 0 Å². The first-order valence-corrected chi connectivity index (χ1v) is 4.94. The minimum absolute atomic E-state index is 0.905. The lowest BCUT2D eigenvalue weighted by Crippen LogP contribution is -2.47. The van der Waals surface area contributed by atoms with E-state index in [1.807, 2.05) is 0 Å². The van der Waals surface area contributed by atoms with Crippen LogP contribution in [-0.2, 0) is 19.7 Å². The number of carboxylic acids is 2. The molecule has 1 unspecified atom stereocenters. The van der Waals surface area contributed by atoms with Gasteiger partial charge in [0.15, 0.2) is 5.25 Å². The number of hydrogen-bond acceptors (Lipinski definition) is 4. The number of aliphatic carboxylic acids is 2. The largest absolute Gasteiger partial charge is 0.481 e. The highest BCUT2D eigenvalue weighted by Gasteiger charge is 2.49. The molecule has 0 amide bonds. The molecule has 0 aromatic rings. The monoisotopic (exact) mass is 226 g/mol. The Bertz CT molecular complexity index is 352. The third-order valence-corrected chi connectivity index (χ3v) is 3.12. The fraction of sp³-hybridized carbons (Fsp3) is 0.667. The molecule has 1 atom stereocenters. The topological polar surface area (TPSA) is 129 Å². The molecule has 0 aliphatic rings. The normalized spacial score (nSPS) is 14.8. The molecule has 0 saturated heterocycles. The van der Waals surface area contributed by atoms with E-state index in [0.29, 0.717) is 0 Å². The van der Waals surface area contributed by atoms with Crippen LogP contribution >= 0.6 is 0 Å². The summed E-state index contributed by atoms with van der Waals surface area (Å²) in [6, 6.07) is 0. The van der Waals surface area contributed by atoms with E-state index in [2.05, 4.69) is 0 Å². The Hall–Kier alpha value is -1.15. The highest BCUT2D eigenvalue weighted by atomic mass is 32.2. The molecule has 0 aromatic heterocycles. The summed E-state index contributed by atoms with van der Waals surface area (Å²) in [5.41, 5.74) is -2.10. The minimum Gasteiger partial charge on any atom is -0.481 e. The summed E-state index contributed by atoms with van der Waals surface area (Å²) < 4.78 is 29.8. The third-order valence-electron chi connectivity index (χ3n) is 1.73. The molecular formula is C6H10O7S. The molecule has 0 aliphatic carbocycles. The molecule has 14 heavy (non-hydrogen) atoms. The second kappa shape index (κ2) is 3.54. The van der Waals surface area contributed by atoms with Crippen LogP contribution < -0.4 is 0 Å². The van der Waals surface area contributed by atoms with Crippen molar-refractivity contribution in [2.24, 2.45) is 5.41 Å². The van der Waals surface area contributed by atoms with Crippen LogP contribution in [0.15, 0.2) is 0 Å². The van der Waals surface area contributed by atoms with E-state index in [9.17, 15) is 18.0 Å². The molecular weight excluding hydrogens is 216 g/mol. The predicted octanol–water partition coefficient (Wildman–Crippen LogP) is -0.562. The fourth-order valence-electron chi connectivity index (χ4n) is 0.921. The van der Waals surface area contributed by atoms with E-state index in [4.69, 9.17) is 14.8 Å². The number of carboxylic acid groups (broad SMARTS) is 2. The summed E-state index contributed by atoms with van der Waals surface area (Å²) in [6.07, 6.45) is 0. The van der Waals surface area contributed by atoms with Crippen molar-refractivity contribution in [3.05, 3.63) is 0 Å². The molecule has 0 bridgehead atoms. The maximum atomic E-state index is 10.6. The second-order valence-corrected chi connectivity index (χ2v) is 4.76. The van der Waals surface area contributed by atoms with Gasteiger partial charge in [0, 0.05) is 0 Å².